The van der Waals surface area contributed by atoms with Gasteiger partial charge in [0.05, 0.1) is 27.4 Å². The van der Waals surface area contributed by atoms with Crippen LogP contribution in [0.25, 0.3) is 17.4 Å². The standard InChI is InChI=1S/C27H19ClF3N3O5/c28-21-8-6-15(11-19(21)24(35)32-13-14-4-5-14)22-9-7-18(39-22)12-20-23(27(29,30)31)33-34(25(20)36)17-3-1-2-16(10-17)26(37)38/h1-3,6-12,14H,4-5,13H2,(H,32,35)(H,37,38)/b20-12-. The Hall–Kier alpha value is -4.38. The lowest BCUT2D eigenvalue weighted by Gasteiger charge is -2.11. The minimum atomic E-state index is -4.98. The number of halogens is 4. The van der Waals surface area contributed by atoms with Crippen LogP contribution in [0.3, 0.4) is 0 Å². The van der Waals surface area contributed by atoms with Gasteiger partial charge < -0.3 is 14.8 Å². The average molecular weight is 558 g/mol. The predicted molar refractivity (Wildman–Crippen MR) is 137 cm³/mol. The number of furan rings is 1. The molecule has 0 saturated heterocycles. The first-order valence-electron chi connectivity index (χ1n) is 11.7. The van der Waals surface area contributed by atoms with Gasteiger partial charge in [0.25, 0.3) is 11.8 Å². The first-order valence-corrected chi connectivity index (χ1v) is 12.1. The Morgan fingerprint density at radius 3 is 2.62 bits per heavy atom. The molecule has 1 aromatic heterocycles. The molecule has 0 spiro atoms. The van der Waals surface area contributed by atoms with Crippen molar-refractivity contribution in [2.75, 3.05) is 11.6 Å². The highest BCUT2D eigenvalue weighted by molar-refractivity contribution is 6.34. The highest BCUT2D eigenvalue weighted by Crippen LogP contribution is 2.34. The molecule has 12 heteroatoms. The summed E-state index contributed by atoms with van der Waals surface area (Å²) in [6.45, 7) is 0.548. The molecule has 0 bridgehead atoms. The molecule has 1 fully saturated rings. The number of hydrogen-bond donors (Lipinski definition) is 2. The zero-order valence-electron chi connectivity index (χ0n) is 20.0. The van der Waals surface area contributed by atoms with Crippen LogP contribution < -0.4 is 10.3 Å². The minimum Gasteiger partial charge on any atom is -0.478 e. The smallest absolute Gasteiger partial charge is 0.435 e. The van der Waals surface area contributed by atoms with Crippen LogP contribution in [0.15, 0.2) is 69.7 Å². The Kier molecular flexibility index (Phi) is 6.77. The van der Waals surface area contributed by atoms with Crippen molar-refractivity contribution >= 4 is 46.9 Å². The molecule has 1 aliphatic carbocycles. The highest BCUT2D eigenvalue weighted by Gasteiger charge is 2.47. The van der Waals surface area contributed by atoms with Gasteiger partial charge in [-0.2, -0.15) is 23.3 Å². The van der Waals surface area contributed by atoms with Crippen molar-refractivity contribution in [3.8, 4) is 11.3 Å². The van der Waals surface area contributed by atoms with E-state index in [0.717, 1.165) is 25.0 Å². The van der Waals surface area contributed by atoms with E-state index in [1.807, 2.05) is 0 Å². The number of carboxylic acids is 1. The van der Waals surface area contributed by atoms with Crippen molar-refractivity contribution in [2.24, 2.45) is 11.0 Å². The highest BCUT2D eigenvalue weighted by atomic mass is 35.5. The monoisotopic (exact) mass is 557 g/mol. The lowest BCUT2D eigenvalue weighted by Crippen LogP contribution is -2.25. The summed E-state index contributed by atoms with van der Waals surface area (Å²) in [5.74, 6) is -2.13. The number of carboxylic acid groups (broad SMARTS) is 1. The molecule has 3 aromatic rings. The maximum atomic E-state index is 13.8. The predicted octanol–water partition coefficient (Wildman–Crippen LogP) is 5.79. The van der Waals surface area contributed by atoms with Crippen LogP contribution >= 0.6 is 11.6 Å². The van der Waals surface area contributed by atoms with Crippen molar-refractivity contribution in [1.82, 2.24) is 5.32 Å². The minimum absolute atomic E-state index is 0.0684. The van der Waals surface area contributed by atoms with Crippen LogP contribution in [-0.4, -0.2) is 41.3 Å². The van der Waals surface area contributed by atoms with E-state index in [0.29, 0.717) is 23.0 Å². The Balaban J connectivity index is 1.44. The van der Waals surface area contributed by atoms with Gasteiger partial charge in [0.2, 0.25) is 0 Å². The number of carbonyl (C=O) groups excluding carboxylic acids is 2. The summed E-state index contributed by atoms with van der Waals surface area (Å²) in [6.07, 6.45) is -1.93. The number of aromatic carboxylic acids is 1. The number of hydrazone groups is 1. The molecule has 0 radical (unpaired) electrons. The van der Waals surface area contributed by atoms with Gasteiger partial charge >= 0.3 is 12.1 Å². The number of anilines is 1. The molecule has 2 heterocycles. The van der Waals surface area contributed by atoms with E-state index in [2.05, 4.69) is 10.4 Å². The molecule has 5 rings (SSSR count). The largest absolute Gasteiger partial charge is 0.478 e. The third-order valence-electron chi connectivity index (χ3n) is 6.14. The second kappa shape index (κ2) is 10.1. The summed E-state index contributed by atoms with van der Waals surface area (Å²) < 4.78 is 47.1. The molecular weight excluding hydrogens is 539 g/mol. The van der Waals surface area contributed by atoms with Crippen molar-refractivity contribution in [2.45, 2.75) is 19.0 Å². The summed E-state index contributed by atoms with van der Waals surface area (Å²) in [7, 11) is 0. The van der Waals surface area contributed by atoms with Gasteiger partial charge in [-0.1, -0.05) is 17.7 Å². The zero-order chi connectivity index (χ0) is 27.9. The van der Waals surface area contributed by atoms with Gasteiger partial charge in [-0.25, -0.2) is 4.79 Å². The van der Waals surface area contributed by atoms with Gasteiger partial charge in [-0.05, 0) is 73.4 Å². The first-order chi connectivity index (χ1) is 18.5. The number of nitrogens with zero attached hydrogens (tertiary/aromatic N) is 2. The van der Waals surface area contributed by atoms with E-state index in [-0.39, 0.29) is 39.3 Å². The van der Waals surface area contributed by atoms with Crippen molar-refractivity contribution < 1.29 is 37.1 Å². The van der Waals surface area contributed by atoms with Gasteiger partial charge in [0, 0.05) is 12.1 Å². The number of hydrogen-bond acceptors (Lipinski definition) is 5. The molecule has 2 aliphatic rings. The lowest BCUT2D eigenvalue weighted by atomic mass is 10.1. The van der Waals surface area contributed by atoms with Gasteiger partial charge in [0.15, 0.2) is 5.71 Å². The normalized spacial score (nSPS) is 16.5. The Morgan fingerprint density at radius 2 is 1.92 bits per heavy atom. The second-order valence-corrected chi connectivity index (χ2v) is 9.43. The number of amides is 2. The summed E-state index contributed by atoms with van der Waals surface area (Å²) in [6, 6.07) is 12.3. The summed E-state index contributed by atoms with van der Waals surface area (Å²) in [5.41, 5.74) is -1.91. The molecule has 39 heavy (non-hydrogen) atoms. The average Bonchev–Trinajstić information content (AvgIpc) is 3.51. The molecular formula is C27H19ClF3N3O5. The molecule has 8 nitrogen and oxygen atoms in total. The summed E-state index contributed by atoms with van der Waals surface area (Å²) in [4.78, 5) is 36.8. The number of benzene rings is 2. The van der Waals surface area contributed by atoms with Crippen LogP contribution in [-0.2, 0) is 4.79 Å². The topological polar surface area (TPSA) is 112 Å². The van der Waals surface area contributed by atoms with Crippen LogP contribution in [0.1, 0.15) is 39.3 Å². The molecule has 2 aromatic carbocycles. The Labute approximate surface area is 224 Å². The van der Waals surface area contributed by atoms with Crippen LogP contribution in [0.5, 0.6) is 0 Å². The number of carbonyl (C=O) groups is 3. The maximum absolute atomic E-state index is 13.8. The number of alkyl halides is 3. The fourth-order valence-corrected chi connectivity index (χ4v) is 4.14. The summed E-state index contributed by atoms with van der Waals surface area (Å²) in [5, 5.41) is 16.2. The SMILES string of the molecule is O=C(O)c1cccc(N2N=C(C(F)(F)F)/C(=C/c3ccc(-c4ccc(Cl)c(C(=O)NCC5CC5)c4)o3)C2=O)c1. The molecule has 1 saturated carbocycles. The van der Waals surface area contributed by atoms with E-state index >= 15 is 0 Å². The number of rotatable bonds is 7. The second-order valence-electron chi connectivity index (χ2n) is 9.03. The molecule has 2 N–H and O–H groups in total. The van der Waals surface area contributed by atoms with Gasteiger partial charge in [-0.15, -0.1) is 0 Å². The maximum Gasteiger partial charge on any atom is 0.435 e. The van der Waals surface area contributed by atoms with Crippen LogP contribution in [0, 0.1) is 5.92 Å². The quantitative estimate of drug-likeness (QED) is 0.357. The molecule has 0 unspecified atom stereocenters. The molecule has 2 amide bonds. The third kappa shape index (κ3) is 5.58. The van der Waals surface area contributed by atoms with E-state index in [1.165, 1.54) is 42.5 Å². The van der Waals surface area contributed by atoms with Gasteiger partial charge in [0.1, 0.15) is 11.5 Å². The fourth-order valence-electron chi connectivity index (χ4n) is 3.93. The zero-order valence-corrected chi connectivity index (χ0v) is 20.7. The van der Waals surface area contributed by atoms with E-state index in [1.54, 1.807) is 6.07 Å². The van der Waals surface area contributed by atoms with Crippen molar-refractivity contribution in [1.29, 1.82) is 0 Å². The Bertz CT molecular complexity index is 1560. The number of nitrogens with one attached hydrogen (secondary N) is 1. The fraction of sp³-hybridized carbons (Fsp3) is 0.185. The van der Waals surface area contributed by atoms with Crippen molar-refractivity contribution in [3.63, 3.8) is 0 Å². The first kappa shape index (κ1) is 26.2. The van der Waals surface area contributed by atoms with Crippen LogP contribution in [0.4, 0.5) is 18.9 Å². The molecule has 1 aliphatic heterocycles. The van der Waals surface area contributed by atoms with E-state index in [9.17, 15) is 32.7 Å². The van der Waals surface area contributed by atoms with Crippen LogP contribution in [0.2, 0.25) is 5.02 Å². The third-order valence-corrected chi connectivity index (χ3v) is 6.47. The lowest BCUT2D eigenvalue weighted by molar-refractivity contribution is -0.114. The van der Waals surface area contributed by atoms with E-state index < -0.39 is 29.3 Å². The van der Waals surface area contributed by atoms with Crippen molar-refractivity contribution in [3.05, 3.63) is 82.1 Å². The van der Waals surface area contributed by atoms with E-state index in [4.69, 9.17) is 16.0 Å². The Morgan fingerprint density at radius 1 is 1.15 bits per heavy atom. The molecule has 0 atom stereocenters. The summed E-state index contributed by atoms with van der Waals surface area (Å²) >= 11 is 6.20. The molecule has 200 valence electrons. The van der Waals surface area contributed by atoms with Gasteiger partial charge in [-0.3, -0.25) is 9.59 Å².